The van der Waals surface area contributed by atoms with Crippen LogP contribution in [0.15, 0.2) is 170 Å². The number of hydrogen-bond acceptors (Lipinski definition) is 4. The summed E-state index contributed by atoms with van der Waals surface area (Å²) in [4.78, 5) is 14.6. The van der Waals surface area contributed by atoms with Gasteiger partial charge in [-0.15, -0.1) is 0 Å². The highest BCUT2D eigenvalue weighted by Crippen LogP contribution is 2.43. The average molecular weight is 586 g/mol. The molecule has 0 spiro atoms. The molecule has 210 valence electrons. The molecule has 6 aromatic carbocycles. The van der Waals surface area contributed by atoms with Gasteiger partial charge < -0.3 is 4.57 Å². The van der Waals surface area contributed by atoms with E-state index in [4.69, 9.17) is 15.0 Å². The first-order chi connectivity index (χ1) is 21.7. The Hall–Kier alpha value is -5.44. The standard InChI is InChI=1S/C39H28N3OP/c43-44(34-22-9-3-10-23-34,35-24-11-4-12-25-35)36-26-14-20-32(28-36)31-19-13-21-33(27-31)39-41-37(29-15-5-1-6-16-29)40-38(42-39)30-17-7-2-8-18-30/h1-28H. The number of benzene rings is 6. The molecular weight excluding hydrogens is 557 g/mol. The minimum Gasteiger partial charge on any atom is -0.309 e. The Bertz CT molecular complexity index is 1980. The minimum absolute atomic E-state index is 0.593. The Labute approximate surface area is 257 Å². The monoisotopic (exact) mass is 585 g/mol. The molecule has 0 aliphatic heterocycles. The highest BCUT2D eigenvalue weighted by atomic mass is 31.2. The van der Waals surface area contributed by atoms with Crippen LogP contribution in [-0.2, 0) is 4.57 Å². The van der Waals surface area contributed by atoms with Crippen molar-refractivity contribution < 1.29 is 4.57 Å². The van der Waals surface area contributed by atoms with E-state index >= 15 is 4.57 Å². The molecule has 0 saturated carbocycles. The molecule has 1 heterocycles. The largest absolute Gasteiger partial charge is 0.309 e. The van der Waals surface area contributed by atoms with Gasteiger partial charge in [0.2, 0.25) is 0 Å². The van der Waals surface area contributed by atoms with Crippen LogP contribution in [0.3, 0.4) is 0 Å². The summed E-state index contributed by atoms with van der Waals surface area (Å²) in [6.45, 7) is 0. The first-order valence-electron chi connectivity index (χ1n) is 14.5. The van der Waals surface area contributed by atoms with E-state index in [2.05, 4.69) is 24.3 Å². The molecule has 0 fully saturated rings. The SMILES string of the molecule is O=P(c1ccccc1)(c1ccccc1)c1cccc(-c2cccc(-c3nc(-c4ccccc4)nc(-c4ccccc4)n3)c2)c1. The van der Waals surface area contributed by atoms with Crippen molar-refractivity contribution in [3.05, 3.63) is 170 Å². The van der Waals surface area contributed by atoms with Crippen LogP contribution in [0.4, 0.5) is 0 Å². The fourth-order valence-corrected chi connectivity index (χ4v) is 8.08. The van der Waals surface area contributed by atoms with Crippen LogP contribution in [0.1, 0.15) is 0 Å². The summed E-state index contributed by atoms with van der Waals surface area (Å²) in [5, 5.41) is 2.41. The third-order valence-electron chi connectivity index (χ3n) is 7.60. The van der Waals surface area contributed by atoms with E-state index in [9.17, 15) is 0 Å². The molecule has 0 atom stereocenters. The van der Waals surface area contributed by atoms with E-state index in [0.29, 0.717) is 17.5 Å². The van der Waals surface area contributed by atoms with Crippen molar-refractivity contribution in [2.75, 3.05) is 0 Å². The molecular formula is C39H28N3OP. The van der Waals surface area contributed by atoms with Crippen LogP contribution in [0, 0.1) is 0 Å². The van der Waals surface area contributed by atoms with Crippen molar-refractivity contribution in [2.45, 2.75) is 0 Å². The highest BCUT2D eigenvalue weighted by molar-refractivity contribution is 7.85. The van der Waals surface area contributed by atoms with Gasteiger partial charge in [-0.3, -0.25) is 0 Å². The highest BCUT2D eigenvalue weighted by Gasteiger charge is 2.29. The maximum atomic E-state index is 15.0. The van der Waals surface area contributed by atoms with Crippen LogP contribution in [0.2, 0.25) is 0 Å². The van der Waals surface area contributed by atoms with E-state index < -0.39 is 7.14 Å². The molecule has 4 nitrogen and oxygen atoms in total. The molecule has 0 aliphatic rings. The number of hydrogen-bond donors (Lipinski definition) is 0. The zero-order valence-corrected chi connectivity index (χ0v) is 24.8. The van der Waals surface area contributed by atoms with Crippen LogP contribution in [-0.4, -0.2) is 15.0 Å². The summed E-state index contributed by atoms with van der Waals surface area (Å²) in [6, 6.07) is 55.7. The molecule has 0 bridgehead atoms. The molecule has 5 heteroatoms. The topological polar surface area (TPSA) is 55.7 Å². The first-order valence-corrected chi connectivity index (χ1v) is 16.2. The molecule has 7 aromatic rings. The number of rotatable bonds is 7. The van der Waals surface area contributed by atoms with Crippen molar-refractivity contribution in [3.8, 4) is 45.3 Å². The van der Waals surface area contributed by atoms with Gasteiger partial charge in [-0.1, -0.05) is 158 Å². The summed E-state index contributed by atoms with van der Waals surface area (Å²) < 4.78 is 15.0. The van der Waals surface area contributed by atoms with Crippen molar-refractivity contribution in [1.29, 1.82) is 0 Å². The molecule has 1 aromatic heterocycles. The lowest BCUT2D eigenvalue weighted by atomic mass is 10.0. The fraction of sp³-hybridized carbons (Fsp3) is 0. The van der Waals surface area contributed by atoms with Gasteiger partial charge in [-0.05, 0) is 23.3 Å². The van der Waals surface area contributed by atoms with E-state index in [-0.39, 0.29) is 0 Å². The summed E-state index contributed by atoms with van der Waals surface area (Å²) in [5.74, 6) is 1.83. The van der Waals surface area contributed by atoms with E-state index in [1.807, 2.05) is 146 Å². The quantitative estimate of drug-likeness (QED) is 0.177. The van der Waals surface area contributed by atoms with E-state index in [0.717, 1.165) is 43.7 Å². The van der Waals surface area contributed by atoms with Crippen LogP contribution in [0.5, 0.6) is 0 Å². The molecule has 0 N–H and O–H groups in total. The Morgan fingerprint density at radius 2 is 0.659 bits per heavy atom. The molecule has 7 rings (SSSR count). The lowest BCUT2D eigenvalue weighted by Crippen LogP contribution is -2.25. The van der Waals surface area contributed by atoms with Gasteiger partial charge in [-0.25, -0.2) is 15.0 Å². The fourth-order valence-electron chi connectivity index (χ4n) is 5.38. The van der Waals surface area contributed by atoms with Crippen molar-refractivity contribution in [3.63, 3.8) is 0 Å². The van der Waals surface area contributed by atoms with Crippen molar-refractivity contribution in [1.82, 2.24) is 15.0 Å². The Balaban J connectivity index is 1.34. The predicted octanol–water partition coefficient (Wildman–Crippen LogP) is 8.18. The molecule has 0 saturated heterocycles. The first kappa shape index (κ1) is 27.4. The number of nitrogens with zero attached hydrogens (tertiary/aromatic N) is 3. The van der Waals surface area contributed by atoms with Gasteiger partial charge in [-0.2, -0.15) is 0 Å². The summed E-state index contributed by atoms with van der Waals surface area (Å²) >= 11 is 0. The van der Waals surface area contributed by atoms with Crippen molar-refractivity contribution >= 4 is 23.1 Å². The molecule has 44 heavy (non-hydrogen) atoms. The zero-order chi connectivity index (χ0) is 29.8. The van der Waals surface area contributed by atoms with E-state index in [1.54, 1.807) is 0 Å². The van der Waals surface area contributed by atoms with Crippen LogP contribution >= 0.6 is 7.14 Å². The summed E-state index contributed by atoms with van der Waals surface area (Å²) in [5.41, 5.74) is 4.68. The van der Waals surface area contributed by atoms with Gasteiger partial charge in [0.25, 0.3) is 0 Å². The zero-order valence-electron chi connectivity index (χ0n) is 23.9. The smallest absolute Gasteiger partial charge is 0.171 e. The molecule has 0 radical (unpaired) electrons. The van der Waals surface area contributed by atoms with Crippen LogP contribution < -0.4 is 15.9 Å². The van der Waals surface area contributed by atoms with Gasteiger partial charge in [0.15, 0.2) is 24.6 Å². The lowest BCUT2D eigenvalue weighted by Gasteiger charge is -2.20. The second-order valence-corrected chi connectivity index (χ2v) is 13.2. The third-order valence-corrected chi connectivity index (χ3v) is 10.7. The number of aromatic nitrogens is 3. The summed E-state index contributed by atoms with van der Waals surface area (Å²) in [7, 11) is -3.11. The second-order valence-electron chi connectivity index (χ2n) is 10.4. The minimum atomic E-state index is -3.11. The third kappa shape index (κ3) is 5.40. The molecule has 0 amide bonds. The maximum Gasteiger partial charge on any atom is 0.171 e. The van der Waals surface area contributed by atoms with Gasteiger partial charge in [0.1, 0.15) is 0 Å². The molecule has 0 unspecified atom stereocenters. The normalized spacial score (nSPS) is 11.3. The lowest BCUT2D eigenvalue weighted by molar-refractivity contribution is 0.592. The van der Waals surface area contributed by atoms with Gasteiger partial charge in [0.05, 0.1) is 0 Å². The predicted molar refractivity (Wildman–Crippen MR) is 181 cm³/mol. The van der Waals surface area contributed by atoms with Crippen molar-refractivity contribution in [2.24, 2.45) is 0 Å². The Morgan fingerprint density at radius 1 is 0.318 bits per heavy atom. The molecule has 0 aliphatic carbocycles. The van der Waals surface area contributed by atoms with E-state index in [1.165, 1.54) is 0 Å². The second kappa shape index (κ2) is 12.0. The van der Waals surface area contributed by atoms with Crippen LogP contribution in [0.25, 0.3) is 45.3 Å². The Morgan fingerprint density at radius 3 is 1.16 bits per heavy atom. The Kier molecular flexibility index (Phi) is 7.50. The average Bonchev–Trinajstić information content (AvgIpc) is 3.12. The summed E-state index contributed by atoms with van der Waals surface area (Å²) in [6.07, 6.45) is 0. The van der Waals surface area contributed by atoms with Gasteiger partial charge >= 0.3 is 0 Å². The van der Waals surface area contributed by atoms with Gasteiger partial charge in [0, 0.05) is 32.6 Å². The maximum absolute atomic E-state index is 15.0.